The van der Waals surface area contributed by atoms with Crippen LogP contribution in [0.3, 0.4) is 0 Å². The maximum absolute atomic E-state index is 12.4. The summed E-state index contributed by atoms with van der Waals surface area (Å²) in [6.07, 6.45) is 3.82. The molecule has 0 aliphatic carbocycles. The Labute approximate surface area is 185 Å². The minimum Gasteiger partial charge on any atom is -0.354 e. The molecule has 1 fully saturated rings. The molecule has 1 aliphatic rings. The van der Waals surface area contributed by atoms with E-state index in [0.29, 0.717) is 16.8 Å². The number of hydrogen-bond donors (Lipinski definition) is 1. The van der Waals surface area contributed by atoms with Crippen LogP contribution >= 0.6 is 11.6 Å². The summed E-state index contributed by atoms with van der Waals surface area (Å²) < 4.78 is 26.2. The fraction of sp³-hybridized carbons (Fsp3) is 0.300. The van der Waals surface area contributed by atoms with E-state index in [1.54, 1.807) is 29.2 Å². The second kappa shape index (κ2) is 9.13. The zero-order chi connectivity index (χ0) is 22.8. The number of hydrogen-bond acceptors (Lipinski definition) is 6. The molecule has 3 heterocycles. The van der Waals surface area contributed by atoms with Crippen LogP contribution in [0.4, 0.5) is 0 Å². The first-order chi connectivity index (χ1) is 14.6. The molecule has 31 heavy (non-hydrogen) atoms. The van der Waals surface area contributed by atoms with Gasteiger partial charge in [0.25, 0.3) is 5.91 Å². The van der Waals surface area contributed by atoms with Gasteiger partial charge >= 0.3 is 0 Å². The third kappa shape index (κ3) is 5.09. The fourth-order valence-corrected chi connectivity index (χ4v) is 4.74. The van der Waals surface area contributed by atoms with Gasteiger partial charge in [0.15, 0.2) is 0 Å². The minimum absolute atomic E-state index is 0.147. The van der Waals surface area contributed by atoms with Crippen LogP contribution in [0.15, 0.2) is 43.1 Å². The Balaban J connectivity index is 2.06. The second-order valence-electron chi connectivity index (χ2n) is 7.00. The summed E-state index contributed by atoms with van der Waals surface area (Å²) in [5.41, 5.74) is 1.84. The Morgan fingerprint density at radius 2 is 2.03 bits per heavy atom. The van der Waals surface area contributed by atoms with Gasteiger partial charge in [-0.3, -0.25) is 14.6 Å². The molecule has 0 aromatic carbocycles. The lowest BCUT2D eigenvalue weighted by Crippen LogP contribution is -2.51. The Morgan fingerprint density at radius 3 is 2.68 bits per heavy atom. The van der Waals surface area contributed by atoms with Crippen LogP contribution in [-0.2, 0) is 14.8 Å². The predicted octanol–water partition coefficient (Wildman–Crippen LogP) is 1.49. The molecule has 0 radical (unpaired) electrons. The molecular formula is C20H22ClN5O4S. The summed E-state index contributed by atoms with van der Waals surface area (Å²) in [5.74, 6) is -0.624. The Morgan fingerprint density at radius 1 is 1.29 bits per heavy atom. The van der Waals surface area contributed by atoms with E-state index in [2.05, 4.69) is 21.9 Å². The van der Waals surface area contributed by atoms with Crippen LogP contribution in [-0.4, -0.2) is 72.3 Å². The van der Waals surface area contributed by atoms with Gasteiger partial charge in [0.1, 0.15) is 10.8 Å². The molecule has 1 saturated heterocycles. The number of sulfonamides is 1. The van der Waals surface area contributed by atoms with E-state index in [9.17, 15) is 18.0 Å². The predicted molar refractivity (Wildman–Crippen MR) is 117 cm³/mol. The summed E-state index contributed by atoms with van der Waals surface area (Å²) in [7, 11) is -2.04. The van der Waals surface area contributed by atoms with Crippen molar-refractivity contribution in [1.82, 2.24) is 24.5 Å². The molecule has 2 aromatic rings. The average molecular weight is 464 g/mol. The molecule has 11 heteroatoms. The average Bonchev–Trinajstić information content (AvgIpc) is 2.76. The molecule has 1 atom stereocenters. The van der Waals surface area contributed by atoms with Gasteiger partial charge < -0.3 is 10.2 Å². The zero-order valence-electron chi connectivity index (χ0n) is 17.1. The van der Waals surface area contributed by atoms with E-state index >= 15 is 0 Å². The maximum atomic E-state index is 12.4. The van der Waals surface area contributed by atoms with Crippen molar-refractivity contribution in [2.75, 3.05) is 32.9 Å². The summed E-state index contributed by atoms with van der Waals surface area (Å²) in [5, 5.41) is 2.67. The van der Waals surface area contributed by atoms with Gasteiger partial charge in [0, 0.05) is 38.4 Å². The van der Waals surface area contributed by atoms with Crippen LogP contribution in [0.2, 0.25) is 5.15 Å². The summed E-state index contributed by atoms with van der Waals surface area (Å²) in [4.78, 5) is 34.0. The number of aromatic nitrogens is 2. The lowest BCUT2D eigenvalue weighted by atomic mass is 10.0. The number of nitrogens with one attached hydrogen (secondary N) is 1. The van der Waals surface area contributed by atoms with Gasteiger partial charge in [-0.25, -0.2) is 13.4 Å². The fourth-order valence-electron chi connectivity index (χ4n) is 3.46. The van der Waals surface area contributed by atoms with Crippen molar-refractivity contribution in [3.05, 3.63) is 59.5 Å². The smallest absolute Gasteiger partial charge is 0.269 e. The van der Waals surface area contributed by atoms with E-state index in [0.717, 1.165) is 6.26 Å². The highest BCUT2D eigenvalue weighted by Crippen LogP contribution is 2.32. The molecule has 9 nitrogen and oxygen atoms in total. The number of carbonyl (C=O) groups excluding carboxylic acids is 2. The van der Waals surface area contributed by atoms with Gasteiger partial charge in [-0.1, -0.05) is 18.2 Å². The van der Waals surface area contributed by atoms with E-state index in [-0.39, 0.29) is 42.3 Å². The van der Waals surface area contributed by atoms with Crippen LogP contribution in [0.5, 0.6) is 0 Å². The van der Waals surface area contributed by atoms with E-state index in [1.165, 1.54) is 23.6 Å². The SMILES string of the molecule is C=CC(=O)N1CCN(S(C)(=O)=O)[C@@H](c2cc(Cl)nc(-c3ccnc(C(=O)NC)c3)c2)C1. The van der Waals surface area contributed by atoms with Crippen LogP contribution in [0.25, 0.3) is 11.3 Å². The van der Waals surface area contributed by atoms with Gasteiger partial charge in [-0.15, -0.1) is 0 Å². The van der Waals surface area contributed by atoms with Crippen molar-refractivity contribution < 1.29 is 18.0 Å². The second-order valence-corrected chi connectivity index (χ2v) is 9.32. The molecule has 1 N–H and O–H groups in total. The highest BCUT2D eigenvalue weighted by atomic mass is 35.5. The van der Waals surface area contributed by atoms with E-state index in [1.807, 2.05) is 0 Å². The molecule has 3 rings (SSSR count). The third-order valence-electron chi connectivity index (χ3n) is 4.96. The normalized spacial score (nSPS) is 17.3. The standard InChI is InChI=1S/C20H22ClN5O4S/c1-4-19(27)25-7-8-26(31(3,29)30)17(12-25)14-10-15(24-18(21)11-14)13-5-6-23-16(9-13)20(28)22-2/h4-6,9-11,17H,1,7-8,12H2,2-3H3,(H,22,28)/t17-/m1/s1. The first-order valence-corrected chi connectivity index (χ1v) is 11.6. The van der Waals surface area contributed by atoms with Crippen LogP contribution in [0, 0.1) is 0 Å². The van der Waals surface area contributed by atoms with E-state index < -0.39 is 16.1 Å². The number of amides is 2. The maximum Gasteiger partial charge on any atom is 0.269 e. The molecule has 0 saturated carbocycles. The van der Waals surface area contributed by atoms with Crippen molar-refractivity contribution in [3.8, 4) is 11.3 Å². The minimum atomic E-state index is -3.55. The topological polar surface area (TPSA) is 113 Å². The van der Waals surface area contributed by atoms with Crippen molar-refractivity contribution in [2.24, 2.45) is 0 Å². The number of halogens is 1. The number of piperazine rings is 1. The number of carbonyl (C=O) groups is 2. The van der Waals surface area contributed by atoms with Gasteiger partial charge in [-0.2, -0.15) is 4.31 Å². The van der Waals surface area contributed by atoms with Gasteiger partial charge in [0.05, 0.1) is 18.0 Å². The van der Waals surface area contributed by atoms with Crippen molar-refractivity contribution in [2.45, 2.75) is 6.04 Å². The molecule has 0 unspecified atom stereocenters. The number of pyridine rings is 2. The summed E-state index contributed by atoms with van der Waals surface area (Å²) >= 11 is 6.27. The first-order valence-electron chi connectivity index (χ1n) is 9.38. The van der Waals surface area contributed by atoms with Crippen molar-refractivity contribution in [1.29, 1.82) is 0 Å². The molecule has 2 aromatic heterocycles. The van der Waals surface area contributed by atoms with Crippen LogP contribution in [0.1, 0.15) is 22.1 Å². The summed E-state index contributed by atoms with van der Waals surface area (Å²) in [6, 6.07) is 5.89. The Kier molecular flexibility index (Phi) is 6.73. The number of rotatable bonds is 5. The molecule has 164 valence electrons. The number of nitrogens with zero attached hydrogens (tertiary/aromatic N) is 4. The molecule has 1 aliphatic heterocycles. The largest absolute Gasteiger partial charge is 0.354 e. The molecular weight excluding hydrogens is 442 g/mol. The van der Waals surface area contributed by atoms with Crippen molar-refractivity contribution >= 4 is 33.4 Å². The van der Waals surface area contributed by atoms with Crippen molar-refractivity contribution in [3.63, 3.8) is 0 Å². The molecule has 2 amide bonds. The third-order valence-corrected chi connectivity index (χ3v) is 6.44. The van der Waals surface area contributed by atoms with Gasteiger partial charge in [0.2, 0.25) is 15.9 Å². The van der Waals surface area contributed by atoms with E-state index in [4.69, 9.17) is 11.6 Å². The quantitative estimate of drug-likeness (QED) is 0.531. The summed E-state index contributed by atoms with van der Waals surface area (Å²) in [6.45, 7) is 4.07. The molecule has 0 bridgehead atoms. The van der Waals surface area contributed by atoms with Crippen LogP contribution < -0.4 is 5.32 Å². The monoisotopic (exact) mass is 463 g/mol. The lowest BCUT2D eigenvalue weighted by Gasteiger charge is -2.40. The molecule has 0 spiro atoms. The highest BCUT2D eigenvalue weighted by Gasteiger charge is 2.35. The first kappa shape index (κ1) is 22.9. The Hall–Kier alpha value is -2.82. The Bertz CT molecular complexity index is 1140. The lowest BCUT2D eigenvalue weighted by molar-refractivity contribution is -0.128. The zero-order valence-corrected chi connectivity index (χ0v) is 18.7. The van der Waals surface area contributed by atoms with Gasteiger partial charge in [-0.05, 0) is 35.9 Å². The highest BCUT2D eigenvalue weighted by molar-refractivity contribution is 7.88.